The van der Waals surface area contributed by atoms with Gasteiger partial charge in [-0.3, -0.25) is 9.89 Å². The predicted octanol–water partition coefficient (Wildman–Crippen LogP) is 2.06. The van der Waals surface area contributed by atoms with Crippen LogP contribution in [0.15, 0.2) is 0 Å². The lowest BCUT2D eigenvalue weighted by Crippen LogP contribution is -2.45. The van der Waals surface area contributed by atoms with Crippen LogP contribution in [0.1, 0.15) is 38.1 Å². The highest BCUT2D eigenvalue weighted by Gasteiger charge is 2.38. The fourth-order valence-electron chi connectivity index (χ4n) is 2.00. The van der Waals surface area contributed by atoms with E-state index in [-0.39, 0.29) is 10.9 Å². The topological polar surface area (TPSA) is 83.8 Å². The van der Waals surface area contributed by atoms with Crippen molar-refractivity contribution in [1.29, 1.82) is 0 Å². The van der Waals surface area contributed by atoms with Crippen molar-refractivity contribution in [3.8, 4) is 0 Å². The number of carbonyl (C=O) groups excluding carboxylic acids is 1. The van der Waals surface area contributed by atoms with E-state index in [2.05, 4.69) is 15.5 Å². The lowest BCUT2D eigenvalue weighted by molar-refractivity contribution is -0.122. The first kappa shape index (κ1) is 14.6. The Kier molecular flexibility index (Phi) is 4.45. The second kappa shape index (κ2) is 5.48. The third-order valence-electron chi connectivity index (χ3n) is 3.48. The van der Waals surface area contributed by atoms with Gasteiger partial charge in [0.2, 0.25) is 5.91 Å². The number of aromatic amines is 1. The second-order valence-electron chi connectivity index (χ2n) is 4.42. The number of anilines is 1. The molecule has 0 unspecified atom stereocenters. The molecule has 1 heterocycles. The standard InChI is InChI=1S/C12H20N4OS/c1-5-12(6-2,10(13)18)11(17)14-9-7(3)15-16-8(9)4/h5-6H2,1-4H3,(H2,13,18)(H,14,17)(H,15,16). The molecule has 0 saturated heterocycles. The number of rotatable bonds is 5. The largest absolute Gasteiger partial charge is 0.392 e. The zero-order valence-electron chi connectivity index (χ0n) is 11.3. The summed E-state index contributed by atoms with van der Waals surface area (Å²) in [5, 5.41) is 9.76. The number of hydrogen-bond acceptors (Lipinski definition) is 3. The Bertz CT molecular complexity index is 443. The number of aryl methyl sites for hydroxylation is 2. The number of nitrogens with one attached hydrogen (secondary N) is 2. The van der Waals surface area contributed by atoms with Crippen LogP contribution in [0.3, 0.4) is 0 Å². The Morgan fingerprint density at radius 2 is 2.00 bits per heavy atom. The van der Waals surface area contributed by atoms with Gasteiger partial charge in [-0.25, -0.2) is 0 Å². The van der Waals surface area contributed by atoms with E-state index in [1.807, 2.05) is 27.7 Å². The van der Waals surface area contributed by atoms with Crippen LogP contribution in [-0.4, -0.2) is 21.1 Å². The molecule has 4 N–H and O–H groups in total. The SMILES string of the molecule is CCC(CC)(C(=O)Nc1c(C)n[nH]c1C)C(N)=S. The average Bonchev–Trinajstić information content (AvgIpc) is 2.63. The molecule has 1 rings (SSSR count). The van der Waals surface area contributed by atoms with Crippen molar-refractivity contribution in [3.05, 3.63) is 11.4 Å². The van der Waals surface area contributed by atoms with E-state index in [0.717, 1.165) is 11.4 Å². The normalized spacial score (nSPS) is 11.3. The molecular formula is C12H20N4OS. The molecule has 0 aliphatic heterocycles. The number of hydrogen-bond donors (Lipinski definition) is 3. The van der Waals surface area contributed by atoms with Crippen LogP contribution in [-0.2, 0) is 4.79 Å². The molecule has 0 bridgehead atoms. The molecule has 0 aliphatic carbocycles. The molecule has 0 aromatic carbocycles. The molecule has 18 heavy (non-hydrogen) atoms. The molecule has 0 radical (unpaired) electrons. The minimum atomic E-state index is -0.786. The highest BCUT2D eigenvalue weighted by atomic mass is 32.1. The maximum absolute atomic E-state index is 12.4. The van der Waals surface area contributed by atoms with Crippen LogP contribution >= 0.6 is 12.2 Å². The Hall–Kier alpha value is -1.43. The van der Waals surface area contributed by atoms with E-state index in [9.17, 15) is 4.79 Å². The van der Waals surface area contributed by atoms with E-state index in [0.29, 0.717) is 18.5 Å². The third-order valence-corrected chi connectivity index (χ3v) is 3.87. The van der Waals surface area contributed by atoms with Crippen molar-refractivity contribution < 1.29 is 4.79 Å². The maximum atomic E-state index is 12.4. The molecule has 1 aromatic rings. The zero-order valence-corrected chi connectivity index (χ0v) is 12.1. The summed E-state index contributed by atoms with van der Waals surface area (Å²) in [6.45, 7) is 7.52. The van der Waals surface area contributed by atoms with Gasteiger partial charge in [0.05, 0.1) is 27.5 Å². The number of amides is 1. The van der Waals surface area contributed by atoms with Gasteiger partial charge in [-0.2, -0.15) is 5.10 Å². The van der Waals surface area contributed by atoms with E-state index >= 15 is 0 Å². The van der Waals surface area contributed by atoms with Gasteiger partial charge in [0.15, 0.2) is 0 Å². The van der Waals surface area contributed by atoms with Gasteiger partial charge in [0, 0.05) is 0 Å². The van der Waals surface area contributed by atoms with Gasteiger partial charge < -0.3 is 11.1 Å². The van der Waals surface area contributed by atoms with Crippen LogP contribution in [0.25, 0.3) is 0 Å². The summed E-state index contributed by atoms with van der Waals surface area (Å²) >= 11 is 5.06. The highest BCUT2D eigenvalue weighted by Crippen LogP contribution is 2.29. The molecule has 0 atom stereocenters. The molecule has 100 valence electrons. The van der Waals surface area contributed by atoms with E-state index in [1.54, 1.807) is 0 Å². The Morgan fingerprint density at radius 3 is 2.33 bits per heavy atom. The molecule has 0 saturated carbocycles. The van der Waals surface area contributed by atoms with Gasteiger partial charge in [0.1, 0.15) is 0 Å². The number of aromatic nitrogens is 2. The summed E-state index contributed by atoms with van der Waals surface area (Å²) < 4.78 is 0. The predicted molar refractivity (Wildman–Crippen MR) is 76.5 cm³/mol. The first-order valence-corrected chi connectivity index (χ1v) is 6.42. The highest BCUT2D eigenvalue weighted by molar-refractivity contribution is 7.80. The number of H-pyrrole nitrogens is 1. The quantitative estimate of drug-likeness (QED) is 0.714. The average molecular weight is 268 g/mol. The Balaban J connectivity index is 3.04. The number of thiocarbonyl (C=S) groups is 1. The van der Waals surface area contributed by atoms with Gasteiger partial charge >= 0.3 is 0 Å². The maximum Gasteiger partial charge on any atom is 0.237 e. The van der Waals surface area contributed by atoms with E-state index in [4.69, 9.17) is 18.0 Å². The fraction of sp³-hybridized carbons (Fsp3) is 0.583. The molecule has 0 aliphatic rings. The summed E-state index contributed by atoms with van der Waals surface area (Å²) in [6.07, 6.45) is 1.17. The van der Waals surface area contributed by atoms with Gasteiger partial charge in [-0.05, 0) is 26.7 Å². The lowest BCUT2D eigenvalue weighted by atomic mass is 9.81. The summed E-state index contributed by atoms with van der Waals surface area (Å²) in [7, 11) is 0. The second-order valence-corrected chi connectivity index (χ2v) is 4.86. The van der Waals surface area contributed by atoms with Crippen molar-refractivity contribution in [2.45, 2.75) is 40.5 Å². The smallest absolute Gasteiger partial charge is 0.237 e. The van der Waals surface area contributed by atoms with Crippen molar-refractivity contribution >= 4 is 28.8 Å². The molecule has 0 fully saturated rings. The zero-order chi connectivity index (χ0) is 13.9. The van der Waals surface area contributed by atoms with Crippen LogP contribution in [0, 0.1) is 19.3 Å². The third kappa shape index (κ3) is 2.38. The van der Waals surface area contributed by atoms with Crippen LogP contribution in [0.2, 0.25) is 0 Å². The Morgan fingerprint density at radius 1 is 1.44 bits per heavy atom. The van der Waals surface area contributed by atoms with E-state index < -0.39 is 5.41 Å². The minimum Gasteiger partial charge on any atom is -0.392 e. The van der Waals surface area contributed by atoms with E-state index in [1.165, 1.54) is 0 Å². The molecule has 0 spiro atoms. The fourth-order valence-corrected chi connectivity index (χ4v) is 2.38. The lowest BCUT2D eigenvalue weighted by Gasteiger charge is -2.28. The van der Waals surface area contributed by atoms with Crippen molar-refractivity contribution in [2.75, 3.05) is 5.32 Å². The number of nitrogens with two attached hydrogens (primary N) is 1. The molecule has 1 amide bonds. The van der Waals surface area contributed by atoms with Gasteiger partial charge in [-0.15, -0.1) is 0 Å². The first-order chi connectivity index (χ1) is 8.39. The van der Waals surface area contributed by atoms with Crippen molar-refractivity contribution in [3.63, 3.8) is 0 Å². The Labute approximate surface area is 113 Å². The van der Waals surface area contributed by atoms with Crippen molar-refractivity contribution in [1.82, 2.24) is 10.2 Å². The monoisotopic (exact) mass is 268 g/mol. The van der Waals surface area contributed by atoms with Gasteiger partial charge in [0.25, 0.3) is 0 Å². The van der Waals surface area contributed by atoms with Crippen molar-refractivity contribution in [2.24, 2.45) is 11.1 Å². The summed E-state index contributed by atoms with van der Waals surface area (Å²) in [5.41, 5.74) is 7.25. The summed E-state index contributed by atoms with van der Waals surface area (Å²) in [4.78, 5) is 12.7. The number of carbonyl (C=O) groups is 1. The minimum absolute atomic E-state index is 0.160. The van der Waals surface area contributed by atoms with Crippen LogP contribution < -0.4 is 11.1 Å². The molecule has 1 aromatic heterocycles. The van der Waals surface area contributed by atoms with Crippen LogP contribution in [0.4, 0.5) is 5.69 Å². The summed E-state index contributed by atoms with van der Waals surface area (Å²) in [6, 6.07) is 0. The van der Waals surface area contributed by atoms with Gasteiger partial charge in [-0.1, -0.05) is 26.1 Å². The summed E-state index contributed by atoms with van der Waals surface area (Å²) in [5.74, 6) is -0.160. The molecule has 5 nitrogen and oxygen atoms in total. The first-order valence-electron chi connectivity index (χ1n) is 6.02. The van der Waals surface area contributed by atoms with Crippen LogP contribution in [0.5, 0.6) is 0 Å². The number of nitrogens with zero attached hydrogens (tertiary/aromatic N) is 1. The molecular weight excluding hydrogens is 248 g/mol. The molecule has 6 heteroatoms.